The molecule has 0 aliphatic heterocycles. The third-order valence-electron chi connectivity index (χ3n) is 2.42. The minimum atomic E-state index is -0.485. The van der Waals surface area contributed by atoms with E-state index in [1.807, 2.05) is 18.2 Å². The van der Waals surface area contributed by atoms with Gasteiger partial charge in [0.25, 0.3) is 0 Å². The molecule has 100 valence electrons. The van der Waals surface area contributed by atoms with Crippen LogP contribution in [0.3, 0.4) is 0 Å². The van der Waals surface area contributed by atoms with Crippen molar-refractivity contribution in [2.24, 2.45) is 5.73 Å². The molecule has 0 saturated carbocycles. The zero-order valence-corrected chi connectivity index (χ0v) is 11.2. The van der Waals surface area contributed by atoms with Gasteiger partial charge in [0.2, 0.25) is 0 Å². The Morgan fingerprint density at radius 2 is 2.37 bits per heavy atom. The molecule has 2 aromatic rings. The van der Waals surface area contributed by atoms with Crippen molar-refractivity contribution in [3.63, 3.8) is 0 Å². The van der Waals surface area contributed by atoms with Crippen LogP contribution < -0.4 is 5.73 Å². The molecule has 6 nitrogen and oxygen atoms in total. The molecule has 0 unspecified atom stereocenters. The minimum Gasteiger partial charge on any atom is -0.464 e. The maximum atomic E-state index is 11.5. The number of nitrogens with zero attached hydrogens (tertiary/aromatic N) is 2. The van der Waals surface area contributed by atoms with Gasteiger partial charge in [0.15, 0.2) is 10.9 Å². The average molecular weight is 278 g/mol. The van der Waals surface area contributed by atoms with E-state index in [1.54, 1.807) is 6.20 Å². The Labute approximate surface area is 114 Å². The molecule has 0 aromatic carbocycles. The Kier molecular flexibility index (Phi) is 4.53. The fraction of sp³-hybridized carbons (Fsp3) is 0.250. The van der Waals surface area contributed by atoms with E-state index in [9.17, 15) is 4.79 Å². The van der Waals surface area contributed by atoms with Gasteiger partial charge >= 0.3 is 5.97 Å². The van der Waals surface area contributed by atoms with Crippen LogP contribution in [0.25, 0.3) is 0 Å². The second kappa shape index (κ2) is 6.35. The number of nitrogens with one attached hydrogen (secondary N) is 1. The summed E-state index contributed by atoms with van der Waals surface area (Å²) in [4.78, 5) is 22.9. The average Bonchev–Trinajstić information content (AvgIpc) is 2.88. The molecular formula is C12H14N4O2S. The predicted molar refractivity (Wildman–Crippen MR) is 71.6 cm³/mol. The quantitative estimate of drug-likeness (QED) is 0.633. The Morgan fingerprint density at radius 3 is 3.00 bits per heavy atom. The number of rotatable bonds is 5. The number of ether oxygens (including phenoxy) is 1. The van der Waals surface area contributed by atoms with Crippen molar-refractivity contribution in [3.8, 4) is 0 Å². The highest BCUT2D eigenvalue weighted by Crippen LogP contribution is 2.20. The maximum absolute atomic E-state index is 11.5. The standard InChI is InChI=1S/C12H14N4O2S/c1-18-11(17)10-9(6-13)15-12(16-10)19-7-8-4-2-3-5-14-8/h2-5H,6-7,13H2,1H3,(H,15,16). The minimum absolute atomic E-state index is 0.210. The molecular weight excluding hydrogens is 264 g/mol. The molecule has 0 bridgehead atoms. The van der Waals surface area contributed by atoms with E-state index in [1.165, 1.54) is 18.9 Å². The summed E-state index contributed by atoms with van der Waals surface area (Å²) in [7, 11) is 1.32. The first-order valence-electron chi connectivity index (χ1n) is 5.64. The van der Waals surface area contributed by atoms with Gasteiger partial charge in [-0.25, -0.2) is 9.78 Å². The van der Waals surface area contributed by atoms with Crippen molar-refractivity contribution >= 4 is 17.7 Å². The number of nitrogens with two attached hydrogens (primary N) is 1. The van der Waals surface area contributed by atoms with Gasteiger partial charge in [0, 0.05) is 18.5 Å². The number of methoxy groups -OCH3 is 1. The van der Waals surface area contributed by atoms with Crippen LogP contribution >= 0.6 is 11.8 Å². The van der Waals surface area contributed by atoms with Crippen LogP contribution in [0.4, 0.5) is 0 Å². The molecule has 2 rings (SSSR count). The lowest BCUT2D eigenvalue weighted by molar-refractivity contribution is 0.0593. The van der Waals surface area contributed by atoms with Gasteiger partial charge in [-0.3, -0.25) is 4.98 Å². The number of aromatic amines is 1. The van der Waals surface area contributed by atoms with Crippen molar-refractivity contribution in [3.05, 3.63) is 41.5 Å². The van der Waals surface area contributed by atoms with Crippen LogP contribution in [0.15, 0.2) is 29.6 Å². The molecule has 0 radical (unpaired) electrons. The number of carbonyl (C=O) groups excluding carboxylic acids is 1. The zero-order valence-electron chi connectivity index (χ0n) is 10.4. The molecule has 0 spiro atoms. The van der Waals surface area contributed by atoms with Crippen molar-refractivity contribution in [2.75, 3.05) is 7.11 Å². The van der Waals surface area contributed by atoms with E-state index < -0.39 is 5.97 Å². The molecule has 2 aromatic heterocycles. The summed E-state index contributed by atoms with van der Waals surface area (Å²) >= 11 is 1.46. The van der Waals surface area contributed by atoms with Gasteiger partial charge in [-0.15, -0.1) is 0 Å². The van der Waals surface area contributed by atoms with Gasteiger partial charge in [0.1, 0.15) is 0 Å². The van der Waals surface area contributed by atoms with Crippen LogP contribution in [-0.4, -0.2) is 28.0 Å². The number of hydrogen-bond acceptors (Lipinski definition) is 6. The predicted octanol–water partition coefficient (Wildman–Crippen LogP) is 1.34. The molecule has 0 atom stereocenters. The van der Waals surface area contributed by atoms with Crippen LogP contribution in [0, 0.1) is 0 Å². The Balaban J connectivity index is 2.09. The molecule has 0 saturated heterocycles. The Bertz CT molecular complexity index is 556. The van der Waals surface area contributed by atoms with E-state index in [4.69, 9.17) is 5.73 Å². The molecule has 0 aliphatic rings. The summed E-state index contributed by atoms with van der Waals surface area (Å²) in [6.45, 7) is 0.210. The lowest BCUT2D eigenvalue weighted by Gasteiger charge is -1.96. The molecule has 19 heavy (non-hydrogen) atoms. The molecule has 2 heterocycles. The highest BCUT2D eigenvalue weighted by Gasteiger charge is 2.17. The fourth-order valence-corrected chi connectivity index (χ4v) is 2.30. The third kappa shape index (κ3) is 3.33. The number of imidazole rings is 1. The first-order chi connectivity index (χ1) is 9.24. The van der Waals surface area contributed by atoms with Crippen LogP contribution in [0.1, 0.15) is 21.9 Å². The highest BCUT2D eigenvalue weighted by molar-refractivity contribution is 7.98. The normalized spacial score (nSPS) is 10.4. The third-order valence-corrected chi connectivity index (χ3v) is 3.33. The molecule has 0 fully saturated rings. The Morgan fingerprint density at radius 1 is 1.53 bits per heavy atom. The summed E-state index contributed by atoms with van der Waals surface area (Å²) < 4.78 is 4.66. The number of aromatic nitrogens is 3. The highest BCUT2D eigenvalue weighted by atomic mass is 32.2. The van der Waals surface area contributed by atoms with Crippen molar-refractivity contribution in [1.29, 1.82) is 0 Å². The first-order valence-corrected chi connectivity index (χ1v) is 6.63. The summed E-state index contributed by atoms with van der Waals surface area (Å²) in [5.74, 6) is 0.181. The number of thioether (sulfide) groups is 1. The molecule has 3 N–H and O–H groups in total. The topological polar surface area (TPSA) is 93.9 Å². The second-order valence-corrected chi connectivity index (χ2v) is 4.64. The number of hydrogen-bond donors (Lipinski definition) is 2. The fourth-order valence-electron chi connectivity index (χ4n) is 1.49. The lowest BCUT2D eigenvalue weighted by atomic mass is 10.3. The van der Waals surface area contributed by atoms with Crippen molar-refractivity contribution in [2.45, 2.75) is 17.5 Å². The van der Waals surface area contributed by atoms with E-state index in [2.05, 4.69) is 19.7 Å². The number of H-pyrrole nitrogens is 1. The van der Waals surface area contributed by atoms with Gasteiger partial charge in [-0.1, -0.05) is 17.8 Å². The smallest absolute Gasteiger partial charge is 0.358 e. The molecule has 0 aliphatic carbocycles. The van der Waals surface area contributed by atoms with E-state index in [0.29, 0.717) is 16.6 Å². The maximum Gasteiger partial charge on any atom is 0.358 e. The van der Waals surface area contributed by atoms with Gasteiger partial charge in [-0.2, -0.15) is 0 Å². The zero-order chi connectivity index (χ0) is 13.7. The summed E-state index contributed by atoms with van der Waals surface area (Å²) in [6, 6.07) is 5.72. The summed E-state index contributed by atoms with van der Waals surface area (Å²) in [5, 5.41) is 0.631. The largest absolute Gasteiger partial charge is 0.464 e. The van der Waals surface area contributed by atoms with E-state index in [-0.39, 0.29) is 12.2 Å². The van der Waals surface area contributed by atoms with Gasteiger partial charge < -0.3 is 15.5 Å². The second-order valence-electron chi connectivity index (χ2n) is 3.67. The van der Waals surface area contributed by atoms with Crippen molar-refractivity contribution < 1.29 is 9.53 Å². The SMILES string of the molecule is COC(=O)c1nc(SCc2ccccn2)[nH]c1CN. The van der Waals surface area contributed by atoms with Crippen LogP contribution in [-0.2, 0) is 17.0 Å². The first kappa shape index (κ1) is 13.6. The molecule has 0 amide bonds. The number of esters is 1. The summed E-state index contributed by atoms with van der Waals surface area (Å²) in [5.41, 5.74) is 7.33. The van der Waals surface area contributed by atoms with Crippen LogP contribution in [0.5, 0.6) is 0 Å². The number of pyridine rings is 1. The monoisotopic (exact) mass is 278 g/mol. The molecule has 7 heteroatoms. The summed E-state index contributed by atoms with van der Waals surface area (Å²) in [6.07, 6.45) is 1.74. The number of carbonyl (C=O) groups is 1. The Hall–Kier alpha value is -1.86. The van der Waals surface area contributed by atoms with E-state index in [0.717, 1.165) is 5.69 Å². The van der Waals surface area contributed by atoms with Crippen LogP contribution in [0.2, 0.25) is 0 Å². The lowest BCUT2D eigenvalue weighted by Crippen LogP contribution is -2.08. The van der Waals surface area contributed by atoms with Gasteiger partial charge in [-0.05, 0) is 12.1 Å². The van der Waals surface area contributed by atoms with E-state index >= 15 is 0 Å². The van der Waals surface area contributed by atoms with Gasteiger partial charge in [0.05, 0.1) is 18.5 Å². The van der Waals surface area contributed by atoms with Crippen molar-refractivity contribution in [1.82, 2.24) is 15.0 Å².